The molecule has 0 aliphatic carbocycles. The Balaban J connectivity index is 2.22. The monoisotopic (exact) mass is 416 g/mol. The van der Waals surface area contributed by atoms with Crippen molar-refractivity contribution in [3.63, 3.8) is 0 Å². The van der Waals surface area contributed by atoms with Gasteiger partial charge in [0.2, 0.25) is 0 Å². The summed E-state index contributed by atoms with van der Waals surface area (Å²) < 4.78 is 27.3. The first-order chi connectivity index (χ1) is 13.3. The Morgan fingerprint density at radius 1 is 1.04 bits per heavy atom. The Hall–Kier alpha value is -2.57. The molecule has 3 aromatic rings. The van der Waals surface area contributed by atoms with Gasteiger partial charge >= 0.3 is 0 Å². The predicted octanol–water partition coefficient (Wildman–Crippen LogP) is 4.95. The minimum Gasteiger partial charge on any atom is -0.294 e. The molecule has 1 N–H and O–H groups in total. The number of sulfonamides is 1. The average molecular weight is 417 g/mol. The summed E-state index contributed by atoms with van der Waals surface area (Å²) in [6.07, 6.45) is 0.331. The maximum absolute atomic E-state index is 12.9. The summed E-state index contributed by atoms with van der Waals surface area (Å²) >= 11 is 6.00. The minimum atomic E-state index is -3.83. The van der Waals surface area contributed by atoms with Crippen molar-refractivity contribution in [2.75, 3.05) is 4.83 Å². The number of rotatable bonds is 6. The third kappa shape index (κ3) is 3.70. The lowest BCUT2D eigenvalue weighted by Gasteiger charge is -2.15. The van der Waals surface area contributed by atoms with Crippen LogP contribution in [-0.2, 0) is 10.0 Å². The highest BCUT2D eigenvalue weighted by molar-refractivity contribution is 7.92. The molecule has 2 aromatic carbocycles. The number of nitrogens with one attached hydrogen (secondary N) is 1. The molecule has 28 heavy (non-hydrogen) atoms. The smallest absolute Gasteiger partial charge is 0.275 e. The molecule has 0 saturated heterocycles. The number of nitrogens with zero attached hydrogens (tertiary/aromatic N) is 1. The van der Waals surface area contributed by atoms with Crippen LogP contribution in [0.25, 0.3) is 11.3 Å². The number of carbonyl (C=O) groups excluding carboxylic acids is 1. The molecular weight excluding hydrogens is 396 g/mol. The molecule has 0 bridgehead atoms. The molecular formula is C21H21ClN2O3S. The lowest BCUT2D eigenvalue weighted by Crippen LogP contribution is -2.25. The maximum Gasteiger partial charge on any atom is 0.275 e. The second-order valence-corrected chi connectivity index (χ2v) is 8.56. The first-order valence-corrected chi connectivity index (χ1v) is 10.7. The Kier molecular flexibility index (Phi) is 5.63. The Bertz CT molecular complexity index is 1120. The summed E-state index contributed by atoms with van der Waals surface area (Å²) in [7, 11) is -3.83. The lowest BCUT2D eigenvalue weighted by molar-refractivity contribution is 0.0987. The highest BCUT2D eigenvalue weighted by atomic mass is 35.5. The van der Waals surface area contributed by atoms with Gasteiger partial charge in [0.1, 0.15) is 0 Å². The summed E-state index contributed by atoms with van der Waals surface area (Å²) in [5, 5.41) is 0.575. The molecule has 0 amide bonds. The zero-order valence-electron chi connectivity index (χ0n) is 15.9. The SMILES string of the molecule is CCC(=O)c1c(C)c(-c2ccc(Cl)cc2)n(NS(=O)(=O)c2ccccc2)c1C. The summed E-state index contributed by atoms with van der Waals surface area (Å²) in [6, 6.07) is 15.2. The summed E-state index contributed by atoms with van der Waals surface area (Å²) in [4.78, 5) is 15.3. The number of benzene rings is 2. The van der Waals surface area contributed by atoms with Gasteiger partial charge < -0.3 is 0 Å². The van der Waals surface area contributed by atoms with Gasteiger partial charge in [-0.1, -0.05) is 48.9 Å². The van der Waals surface area contributed by atoms with Gasteiger partial charge in [-0.25, -0.2) is 9.51 Å². The van der Waals surface area contributed by atoms with Gasteiger partial charge in [0, 0.05) is 28.3 Å². The molecule has 3 rings (SSSR count). The number of halogens is 1. The summed E-state index contributed by atoms with van der Waals surface area (Å²) in [6.45, 7) is 5.35. The molecule has 0 aliphatic heterocycles. The van der Waals surface area contributed by atoms with Gasteiger partial charge in [0.15, 0.2) is 5.78 Å². The summed E-state index contributed by atoms with van der Waals surface area (Å²) in [5.74, 6) is -0.0390. The Morgan fingerprint density at radius 2 is 1.64 bits per heavy atom. The van der Waals surface area contributed by atoms with Crippen LogP contribution >= 0.6 is 11.6 Å². The zero-order valence-corrected chi connectivity index (χ0v) is 17.4. The van der Waals surface area contributed by atoms with Crippen molar-refractivity contribution in [2.45, 2.75) is 32.1 Å². The number of carbonyl (C=O) groups is 1. The van der Waals surface area contributed by atoms with Gasteiger partial charge in [-0.15, -0.1) is 0 Å². The number of Topliss-reactive ketones (excluding diaryl/α,β-unsaturated/α-hetero) is 1. The van der Waals surface area contributed by atoms with Crippen molar-refractivity contribution >= 4 is 27.4 Å². The van der Waals surface area contributed by atoms with E-state index in [2.05, 4.69) is 4.83 Å². The van der Waals surface area contributed by atoms with Crippen LogP contribution < -0.4 is 4.83 Å². The second-order valence-electron chi connectivity index (χ2n) is 6.46. The van der Waals surface area contributed by atoms with Crippen molar-refractivity contribution in [1.29, 1.82) is 0 Å². The largest absolute Gasteiger partial charge is 0.294 e. The highest BCUT2D eigenvalue weighted by Gasteiger charge is 2.25. The van der Waals surface area contributed by atoms with Crippen LogP contribution in [0, 0.1) is 13.8 Å². The zero-order chi connectivity index (χ0) is 20.5. The van der Waals surface area contributed by atoms with E-state index in [1.165, 1.54) is 16.8 Å². The molecule has 0 unspecified atom stereocenters. The first kappa shape index (κ1) is 20.2. The fourth-order valence-corrected chi connectivity index (χ4v) is 4.48. The van der Waals surface area contributed by atoms with E-state index in [0.29, 0.717) is 28.4 Å². The third-order valence-corrected chi connectivity index (χ3v) is 6.20. The summed E-state index contributed by atoms with van der Waals surface area (Å²) in [5.41, 5.74) is 3.18. The Labute approximate surface area is 170 Å². The molecule has 0 saturated carbocycles. The number of hydrogen-bond donors (Lipinski definition) is 1. The van der Waals surface area contributed by atoms with Crippen molar-refractivity contribution < 1.29 is 13.2 Å². The van der Waals surface area contributed by atoms with Crippen LogP contribution in [0.1, 0.15) is 35.0 Å². The van der Waals surface area contributed by atoms with E-state index in [0.717, 1.165) is 11.1 Å². The van der Waals surface area contributed by atoms with Crippen LogP contribution in [0.2, 0.25) is 5.02 Å². The van der Waals surface area contributed by atoms with E-state index in [1.54, 1.807) is 56.3 Å². The van der Waals surface area contributed by atoms with Crippen LogP contribution in [0.5, 0.6) is 0 Å². The van der Waals surface area contributed by atoms with E-state index >= 15 is 0 Å². The molecule has 0 aliphatic rings. The van der Waals surface area contributed by atoms with Crippen molar-refractivity contribution in [2.24, 2.45) is 0 Å². The lowest BCUT2D eigenvalue weighted by atomic mass is 10.0. The number of hydrogen-bond acceptors (Lipinski definition) is 3. The van der Waals surface area contributed by atoms with Crippen molar-refractivity contribution in [3.05, 3.63) is 76.4 Å². The number of ketones is 1. The molecule has 0 spiro atoms. The molecule has 5 nitrogen and oxygen atoms in total. The van der Waals surface area contributed by atoms with E-state index in [9.17, 15) is 13.2 Å². The van der Waals surface area contributed by atoms with Crippen molar-refractivity contribution in [1.82, 2.24) is 4.68 Å². The molecule has 1 aromatic heterocycles. The van der Waals surface area contributed by atoms with E-state index in [4.69, 9.17) is 11.6 Å². The van der Waals surface area contributed by atoms with E-state index in [1.807, 2.05) is 6.92 Å². The third-order valence-electron chi connectivity index (χ3n) is 4.63. The van der Waals surface area contributed by atoms with Crippen LogP contribution in [0.3, 0.4) is 0 Å². The predicted molar refractivity (Wildman–Crippen MR) is 112 cm³/mol. The maximum atomic E-state index is 12.9. The van der Waals surface area contributed by atoms with Gasteiger partial charge in [-0.05, 0) is 43.7 Å². The normalized spacial score (nSPS) is 11.4. The fourth-order valence-electron chi connectivity index (χ4n) is 3.26. The van der Waals surface area contributed by atoms with Crippen molar-refractivity contribution in [3.8, 4) is 11.3 Å². The van der Waals surface area contributed by atoms with E-state index in [-0.39, 0.29) is 10.7 Å². The molecule has 0 atom stereocenters. The topological polar surface area (TPSA) is 68.2 Å². The molecule has 146 valence electrons. The van der Waals surface area contributed by atoms with Gasteiger partial charge in [0.25, 0.3) is 10.0 Å². The number of aromatic nitrogens is 1. The van der Waals surface area contributed by atoms with Crippen LogP contribution in [0.4, 0.5) is 0 Å². The average Bonchev–Trinajstić information content (AvgIpc) is 2.92. The second kappa shape index (κ2) is 7.81. The molecule has 0 radical (unpaired) electrons. The molecule has 7 heteroatoms. The fraction of sp³-hybridized carbons (Fsp3) is 0.190. The Morgan fingerprint density at radius 3 is 2.21 bits per heavy atom. The highest BCUT2D eigenvalue weighted by Crippen LogP contribution is 2.32. The van der Waals surface area contributed by atoms with Gasteiger partial charge in [-0.2, -0.15) is 8.42 Å². The van der Waals surface area contributed by atoms with Crippen LogP contribution in [0.15, 0.2) is 59.5 Å². The standard InChI is InChI=1S/C21H21ClN2O3S/c1-4-19(25)20-14(2)21(16-10-12-17(22)13-11-16)24(15(20)3)23-28(26,27)18-8-6-5-7-9-18/h5-13,23H,4H2,1-3H3. The quantitative estimate of drug-likeness (QED) is 0.578. The minimum absolute atomic E-state index is 0.0390. The van der Waals surface area contributed by atoms with Gasteiger partial charge in [0.05, 0.1) is 10.6 Å². The van der Waals surface area contributed by atoms with Gasteiger partial charge in [-0.3, -0.25) is 4.79 Å². The van der Waals surface area contributed by atoms with E-state index < -0.39 is 10.0 Å². The molecule has 0 fully saturated rings. The first-order valence-electron chi connectivity index (χ1n) is 8.85. The molecule has 1 heterocycles. The van der Waals surface area contributed by atoms with Crippen LogP contribution in [-0.4, -0.2) is 18.9 Å².